The van der Waals surface area contributed by atoms with Crippen molar-refractivity contribution in [3.63, 3.8) is 0 Å². The lowest BCUT2D eigenvalue weighted by molar-refractivity contribution is 0.00622. The summed E-state index contributed by atoms with van der Waals surface area (Å²) >= 11 is 1.20. The third-order valence-electron chi connectivity index (χ3n) is 7.17. The van der Waals surface area contributed by atoms with Gasteiger partial charge in [-0.2, -0.15) is 10.2 Å². The summed E-state index contributed by atoms with van der Waals surface area (Å²) < 4.78 is 33.9. The Morgan fingerprint density at radius 2 is 2.00 bits per heavy atom. The number of aliphatic hydroxyl groups is 1. The summed E-state index contributed by atoms with van der Waals surface area (Å²) in [7, 11) is 3.01. The number of hydrogen-bond acceptors (Lipinski definition) is 10. The Kier molecular flexibility index (Phi) is 7.88. The molecule has 0 bridgehead atoms. The summed E-state index contributed by atoms with van der Waals surface area (Å²) in [6.07, 6.45) is 1.52. The molecule has 0 aliphatic carbocycles. The Hall–Kier alpha value is -3.43. The minimum Gasteiger partial charge on any atom is -0.496 e. The van der Waals surface area contributed by atoms with Crippen LogP contribution in [0.15, 0.2) is 40.2 Å². The third-order valence-corrected chi connectivity index (χ3v) is 8.45. The van der Waals surface area contributed by atoms with Gasteiger partial charge in [0.2, 0.25) is 0 Å². The van der Waals surface area contributed by atoms with Crippen LogP contribution < -0.4 is 21.3 Å². The highest BCUT2D eigenvalue weighted by Gasteiger charge is 2.40. The number of rotatable bonds is 10. The highest BCUT2D eigenvalue weighted by Crippen LogP contribution is 2.35. The number of methoxy groups -OCH3 is 2. The minimum atomic E-state index is -0.995. The second-order valence-corrected chi connectivity index (χ2v) is 10.9. The molecule has 1 saturated heterocycles. The fraction of sp³-hybridized carbons (Fsp3) is 0.462. The van der Waals surface area contributed by atoms with Crippen molar-refractivity contribution >= 4 is 21.6 Å². The van der Waals surface area contributed by atoms with Crippen molar-refractivity contribution in [2.75, 3.05) is 34.0 Å². The van der Waals surface area contributed by atoms with Gasteiger partial charge in [-0.05, 0) is 32.0 Å². The fourth-order valence-corrected chi connectivity index (χ4v) is 6.41. The Morgan fingerprint density at radius 3 is 2.65 bits per heavy atom. The van der Waals surface area contributed by atoms with Crippen molar-refractivity contribution in [1.29, 1.82) is 0 Å². The minimum absolute atomic E-state index is 0.0584. The van der Waals surface area contributed by atoms with Crippen LogP contribution in [0.4, 0.5) is 4.39 Å². The van der Waals surface area contributed by atoms with E-state index >= 15 is 0 Å². The van der Waals surface area contributed by atoms with E-state index in [0.717, 1.165) is 0 Å². The first-order valence-electron chi connectivity index (χ1n) is 12.7. The molecule has 1 fully saturated rings. The topological polar surface area (TPSA) is 135 Å². The maximum Gasteiger partial charge on any atom is 0.332 e. The quantitative estimate of drug-likeness (QED) is 0.271. The maximum absolute atomic E-state index is 14.4. The average molecular weight is 575 g/mol. The zero-order chi connectivity index (χ0) is 28.6. The highest BCUT2D eigenvalue weighted by atomic mass is 32.1. The molecule has 1 aliphatic heterocycles. The van der Waals surface area contributed by atoms with E-state index < -0.39 is 34.9 Å². The summed E-state index contributed by atoms with van der Waals surface area (Å²) in [5.41, 5.74) is -1.03. The van der Waals surface area contributed by atoms with Crippen LogP contribution in [0.25, 0.3) is 15.2 Å². The molecular weight excluding hydrogens is 543 g/mol. The van der Waals surface area contributed by atoms with Crippen LogP contribution >= 0.6 is 11.3 Å². The summed E-state index contributed by atoms with van der Waals surface area (Å²) in [5, 5.41) is 22.5. The van der Waals surface area contributed by atoms with E-state index in [1.807, 2.05) is 0 Å². The van der Waals surface area contributed by atoms with E-state index in [0.29, 0.717) is 32.1 Å². The largest absolute Gasteiger partial charge is 0.496 e. The van der Waals surface area contributed by atoms with Crippen LogP contribution in [-0.4, -0.2) is 69.4 Å². The molecule has 3 atom stereocenters. The van der Waals surface area contributed by atoms with Gasteiger partial charge in [-0.25, -0.2) is 9.18 Å². The number of halogens is 1. The molecule has 0 spiro atoms. The number of nitrogens with one attached hydrogen (secondary N) is 1. The molecule has 5 rings (SSSR count). The van der Waals surface area contributed by atoms with Crippen LogP contribution in [-0.2, 0) is 21.6 Å². The monoisotopic (exact) mass is 574 g/mol. The lowest BCUT2D eigenvalue weighted by Gasteiger charge is -2.27. The SMILES string of the molecule is COCCO[C@@H](Cn1c(=O)n([C@]2(C)CNC(O)C2)c(=O)c2c(C)c(-n3nccn3)sc21)c1cc(F)ccc1OC. The molecule has 2 N–H and O–H groups in total. The van der Waals surface area contributed by atoms with Crippen LogP contribution in [0.3, 0.4) is 0 Å². The lowest BCUT2D eigenvalue weighted by Crippen LogP contribution is -2.51. The van der Waals surface area contributed by atoms with Crippen molar-refractivity contribution in [2.24, 2.45) is 0 Å². The van der Waals surface area contributed by atoms with E-state index in [1.165, 1.54) is 70.1 Å². The van der Waals surface area contributed by atoms with Crippen LogP contribution in [0, 0.1) is 12.7 Å². The van der Waals surface area contributed by atoms with Gasteiger partial charge in [-0.1, -0.05) is 11.3 Å². The number of aromatic nitrogens is 5. The van der Waals surface area contributed by atoms with Gasteiger partial charge < -0.3 is 19.3 Å². The highest BCUT2D eigenvalue weighted by molar-refractivity contribution is 7.21. The molecule has 214 valence electrons. The molecule has 1 aliphatic rings. The number of fused-ring (bicyclic) bond motifs is 1. The number of thiophene rings is 1. The molecule has 0 saturated carbocycles. The van der Waals surface area contributed by atoms with E-state index in [-0.39, 0.29) is 32.7 Å². The zero-order valence-electron chi connectivity index (χ0n) is 22.6. The number of aliphatic hydroxyl groups excluding tert-OH is 1. The molecule has 0 amide bonds. The average Bonchev–Trinajstić information content (AvgIpc) is 3.65. The molecule has 40 heavy (non-hydrogen) atoms. The van der Waals surface area contributed by atoms with Gasteiger partial charge in [0.1, 0.15) is 33.7 Å². The number of nitrogens with zero attached hydrogens (tertiary/aromatic N) is 5. The van der Waals surface area contributed by atoms with Gasteiger partial charge in [-0.3, -0.25) is 19.2 Å². The van der Waals surface area contributed by atoms with E-state index in [9.17, 15) is 19.1 Å². The third kappa shape index (κ3) is 4.97. The normalized spacial score (nSPS) is 19.9. The summed E-state index contributed by atoms with van der Waals surface area (Å²) in [5.74, 6) is -0.101. The standard InChI is InChI=1S/C26H31FN6O6S/c1-15-21-22(35)32(26(2)12-20(34)28-14-26)25(36)31(24(21)40-23(15)33-29-7-8-30-33)13-19(39-10-9-37-3)17-11-16(27)5-6-18(17)38-4/h5-8,11,19-20,28,34H,9-10,12-14H2,1-4H3/t19-,20?,26-/m0/s1. The number of aryl methyl sites for hydroxylation is 1. The van der Waals surface area contributed by atoms with Gasteiger partial charge in [0.05, 0.1) is 50.2 Å². The van der Waals surface area contributed by atoms with E-state index in [1.54, 1.807) is 13.8 Å². The fourth-order valence-electron chi connectivity index (χ4n) is 5.19. The summed E-state index contributed by atoms with van der Waals surface area (Å²) in [6, 6.07) is 4.09. The van der Waals surface area contributed by atoms with Crippen molar-refractivity contribution in [3.05, 3.63) is 68.4 Å². The molecule has 0 radical (unpaired) electrons. The first-order valence-corrected chi connectivity index (χ1v) is 13.5. The Bertz CT molecular complexity index is 1630. The number of hydrogen-bond donors (Lipinski definition) is 2. The second kappa shape index (κ2) is 11.2. The Morgan fingerprint density at radius 1 is 1.25 bits per heavy atom. The van der Waals surface area contributed by atoms with Gasteiger partial charge in [0.15, 0.2) is 0 Å². The van der Waals surface area contributed by atoms with Gasteiger partial charge in [-0.15, -0.1) is 4.80 Å². The van der Waals surface area contributed by atoms with E-state index in [2.05, 4.69) is 15.5 Å². The molecular formula is C26H31FN6O6S. The summed E-state index contributed by atoms with van der Waals surface area (Å²) in [4.78, 5) is 30.0. The predicted octanol–water partition coefficient (Wildman–Crippen LogP) is 1.69. The molecule has 3 aromatic heterocycles. The molecule has 4 aromatic rings. The lowest BCUT2D eigenvalue weighted by atomic mass is 10.0. The van der Waals surface area contributed by atoms with Crippen LogP contribution in [0.1, 0.15) is 30.6 Å². The predicted molar refractivity (Wildman–Crippen MR) is 146 cm³/mol. The first kappa shape index (κ1) is 28.1. The molecule has 1 aromatic carbocycles. The molecule has 12 nitrogen and oxygen atoms in total. The van der Waals surface area contributed by atoms with Crippen molar-refractivity contribution in [2.45, 2.75) is 44.7 Å². The first-order chi connectivity index (χ1) is 19.2. The molecule has 4 heterocycles. The maximum atomic E-state index is 14.4. The zero-order valence-corrected chi connectivity index (χ0v) is 23.4. The summed E-state index contributed by atoms with van der Waals surface area (Å²) in [6.45, 7) is 4.14. The van der Waals surface area contributed by atoms with Crippen molar-refractivity contribution in [3.8, 4) is 10.8 Å². The van der Waals surface area contributed by atoms with Crippen LogP contribution in [0.2, 0.25) is 0 Å². The van der Waals surface area contributed by atoms with Gasteiger partial charge in [0.25, 0.3) is 5.56 Å². The van der Waals surface area contributed by atoms with Gasteiger partial charge >= 0.3 is 5.69 Å². The molecule has 1 unspecified atom stereocenters. The van der Waals surface area contributed by atoms with Crippen LogP contribution in [0.5, 0.6) is 5.75 Å². The van der Waals surface area contributed by atoms with Crippen molar-refractivity contribution in [1.82, 2.24) is 29.4 Å². The van der Waals surface area contributed by atoms with Crippen molar-refractivity contribution < 1.29 is 23.7 Å². The number of ether oxygens (including phenoxy) is 3. The smallest absolute Gasteiger partial charge is 0.332 e. The molecule has 14 heteroatoms. The second-order valence-electron chi connectivity index (χ2n) is 9.90. The Labute approximate surface area is 232 Å². The number of benzene rings is 1. The van der Waals surface area contributed by atoms with Gasteiger partial charge in [0, 0.05) is 31.2 Å². The Balaban J connectivity index is 1.76. The van der Waals surface area contributed by atoms with E-state index in [4.69, 9.17) is 14.2 Å².